The van der Waals surface area contributed by atoms with Gasteiger partial charge in [0.15, 0.2) is 0 Å². The molecule has 0 atom stereocenters. The van der Waals surface area contributed by atoms with E-state index in [1.807, 2.05) is 0 Å². The number of hydrogen-bond donors (Lipinski definition) is 0. The molecule has 2 rings (SSSR count). The fourth-order valence-corrected chi connectivity index (χ4v) is 2.68. The van der Waals surface area contributed by atoms with E-state index < -0.39 is 9.84 Å². The molecule has 2 aromatic rings. The monoisotopic (exact) mass is 247 g/mol. The molecule has 87 valence electrons. The molecule has 0 unspecified atom stereocenters. The maximum atomic E-state index is 12.2. The maximum Gasteiger partial charge on any atom is 0.206 e. The Balaban J connectivity index is 2.45. The van der Waals surface area contributed by atoms with E-state index in [1.165, 1.54) is 19.2 Å². The zero-order valence-corrected chi connectivity index (χ0v) is 10.1. The van der Waals surface area contributed by atoms with Crippen molar-refractivity contribution in [1.29, 1.82) is 0 Å². The number of ether oxygens (including phenoxy) is 1. The zero-order chi connectivity index (χ0) is 12.3. The predicted molar refractivity (Wildman–Crippen MR) is 63.7 cm³/mol. The first-order valence-electron chi connectivity index (χ1n) is 5.00. The minimum atomic E-state index is -3.45. The Morgan fingerprint density at radius 2 is 1.71 bits per heavy atom. The van der Waals surface area contributed by atoms with Crippen molar-refractivity contribution in [2.24, 2.45) is 0 Å². The second kappa shape index (κ2) is 4.59. The van der Waals surface area contributed by atoms with E-state index in [4.69, 9.17) is 4.74 Å². The lowest BCUT2D eigenvalue weighted by Gasteiger charge is -2.05. The molecule has 4 heteroatoms. The highest BCUT2D eigenvalue weighted by molar-refractivity contribution is 7.91. The van der Waals surface area contributed by atoms with Gasteiger partial charge in [-0.25, -0.2) is 8.42 Å². The fraction of sp³-hybridized carbons (Fsp3) is 0.0769. The highest BCUT2D eigenvalue weighted by Crippen LogP contribution is 2.22. The van der Waals surface area contributed by atoms with Crippen molar-refractivity contribution >= 4 is 9.84 Å². The second-order valence-electron chi connectivity index (χ2n) is 3.41. The highest BCUT2D eigenvalue weighted by atomic mass is 32.2. The Bertz CT molecular complexity index is 586. The molecule has 0 bridgehead atoms. The number of hydrogen-bond acceptors (Lipinski definition) is 3. The predicted octanol–water partition coefficient (Wildman–Crippen LogP) is 2.33. The van der Waals surface area contributed by atoms with Crippen molar-refractivity contribution in [3.8, 4) is 5.75 Å². The molecule has 17 heavy (non-hydrogen) atoms. The molecule has 2 aromatic carbocycles. The SMILES string of the molecule is COc1[c]cc(S(=O)(=O)c2ccccc2)cc1. The summed E-state index contributed by atoms with van der Waals surface area (Å²) in [6, 6.07) is 15.6. The Kier molecular flexibility index (Phi) is 3.15. The molecule has 0 aliphatic carbocycles. The van der Waals surface area contributed by atoms with Crippen LogP contribution in [0.15, 0.2) is 58.3 Å². The molecule has 0 saturated carbocycles. The molecule has 0 aliphatic heterocycles. The minimum absolute atomic E-state index is 0.213. The molecule has 0 aromatic heterocycles. The van der Waals surface area contributed by atoms with Crippen LogP contribution in [0.4, 0.5) is 0 Å². The van der Waals surface area contributed by atoms with Crippen LogP contribution in [-0.4, -0.2) is 15.5 Å². The van der Waals surface area contributed by atoms with Gasteiger partial charge in [0.2, 0.25) is 9.84 Å². The van der Waals surface area contributed by atoms with Gasteiger partial charge in [0, 0.05) is 6.07 Å². The summed E-state index contributed by atoms with van der Waals surface area (Å²) in [7, 11) is -1.94. The smallest absolute Gasteiger partial charge is 0.206 e. The third-order valence-corrected chi connectivity index (χ3v) is 4.11. The van der Waals surface area contributed by atoms with Gasteiger partial charge in [-0.3, -0.25) is 0 Å². The van der Waals surface area contributed by atoms with E-state index in [0.717, 1.165) is 0 Å². The molecule has 0 spiro atoms. The average molecular weight is 247 g/mol. The molecule has 0 saturated heterocycles. The van der Waals surface area contributed by atoms with Gasteiger partial charge in [-0.05, 0) is 30.3 Å². The standard InChI is InChI=1S/C13H11O3S/c1-16-11-7-9-13(10-8-11)17(14,15)12-5-3-2-4-6-12/h2-7,9-10H,1H3. The normalized spacial score (nSPS) is 11.1. The Morgan fingerprint density at radius 1 is 1.00 bits per heavy atom. The van der Waals surface area contributed by atoms with Gasteiger partial charge in [0.05, 0.1) is 16.9 Å². The van der Waals surface area contributed by atoms with Crippen LogP contribution >= 0.6 is 0 Å². The topological polar surface area (TPSA) is 43.4 Å². The minimum Gasteiger partial charge on any atom is -0.496 e. The number of rotatable bonds is 3. The summed E-state index contributed by atoms with van der Waals surface area (Å²) in [6.07, 6.45) is 0. The van der Waals surface area contributed by atoms with Crippen LogP contribution < -0.4 is 4.74 Å². The summed E-state index contributed by atoms with van der Waals surface area (Å²) >= 11 is 0. The van der Waals surface area contributed by atoms with Gasteiger partial charge in [0.25, 0.3) is 0 Å². The van der Waals surface area contributed by atoms with Crippen molar-refractivity contribution in [3.05, 3.63) is 54.6 Å². The van der Waals surface area contributed by atoms with E-state index in [1.54, 1.807) is 36.4 Å². The zero-order valence-electron chi connectivity index (χ0n) is 9.25. The van der Waals surface area contributed by atoms with Gasteiger partial charge in [-0.1, -0.05) is 18.2 Å². The quantitative estimate of drug-likeness (QED) is 0.836. The summed E-state index contributed by atoms with van der Waals surface area (Å²) in [5.41, 5.74) is 0. The Hall–Kier alpha value is -1.81. The van der Waals surface area contributed by atoms with Gasteiger partial charge >= 0.3 is 0 Å². The lowest BCUT2D eigenvalue weighted by Crippen LogP contribution is -2.01. The first-order valence-corrected chi connectivity index (χ1v) is 6.49. The van der Waals surface area contributed by atoms with Crippen LogP contribution in [0.25, 0.3) is 0 Å². The largest absolute Gasteiger partial charge is 0.496 e. The van der Waals surface area contributed by atoms with Gasteiger partial charge < -0.3 is 4.74 Å². The number of benzene rings is 2. The van der Waals surface area contributed by atoms with Crippen molar-refractivity contribution in [1.82, 2.24) is 0 Å². The Morgan fingerprint density at radius 3 is 2.24 bits per heavy atom. The first-order chi connectivity index (χ1) is 8.14. The molecular weight excluding hydrogens is 236 g/mol. The summed E-state index contributed by atoms with van der Waals surface area (Å²) in [6.45, 7) is 0. The molecule has 0 fully saturated rings. The third kappa shape index (κ3) is 2.31. The van der Waals surface area contributed by atoms with E-state index in [9.17, 15) is 8.42 Å². The van der Waals surface area contributed by atoms with Crippen molar-refractivity contribution in [3.63, 3.8) is 0 Å². The van der Waals surface area contributed by atoms with Gasteiger partial charge in [-0.2, -0.15) is 0 Å². The molecular formula is C13H11O3S. The van der Waals surface area contributed by atoms with E-state index in [0.29, 0.717) is 5.75 Å². The molecule has 0 amide bonds. The van der Waals surface area contributed by atoms with E-state index in [-0.39, 0.29) is 9.79 Å². The first kappa shape index (κ1) is 11.7. The third-order valence-electron chi connectivity index (χ3n) is 2.34. The van der Waals surface area contributed by atoms with E-state index >= 15 is 0 Å². The lowest BCUT2D eigenvalue weighted by molar-refractivity contribution is 0.413. The average Bonchev–Trinajstić information content (AvgIpc) is 2.40. The fourth-order valence-electron chi connectivity index (χ4n) is 1.43. The van der Waals surface area contributed by atoms with E-state index in [2.05, 4.69) is 6.07 Å². The summed E-state index contributed by atoms with van der Waals surface area (Å²) in [5.74, 6) is 0.511. The molecule has 0 heterocycles. The lowest BCUT2D eigenvalue weighted by atomic mass is 10.3. The van der Waals surface area contributed by atoms with Crippen LogP contribution in [0, 0.1) is 6.07 Å². The highest BCUT2D eigenvalue weighted by Gasteiger charge is 2.16. The number of methoxy groups -OCH3 is 1. The maximum absolute atomic E-state index is 12.2. The van der Waals surface area contributed by atoms with Crippen LogP contribution in [-0.2, 0) is 9.84 Å². The summed E-state index contributed by atoms with van der Waals surface area (Å²) in [5, 5.41) is 0. The molecule has 3 nitrogen and oxygen atoms in total. The second-order valence-corrected chi connectivity index (χ2v) is 5.36. The van der Waals surface area contributed by atoms with Crippen LogP contribution in [0.2, 0.25) is 0 Å². The van der Waals surface area contributed by atoms with Crippen LogP contribution in [0.1, 0.15) is 0 Å². The van der Waals surface area contributed by atoms with Crippen LogP contribution in [0.3, 0.4) is 0 Å². The van der Waals surface area contributed by atoms with Crippen molar-refractivity contribution in [2.75, 3.05) is 7.11 Å². The summed E-state index contributed by atoms with van der Waals surface area (Å²) < 4.78 is 29.3. The number of sulfone groups is 1. The summed E-state index contributed by atoms with van der Waals surface area (Å²) in [4.78, 5) is 0.489. The molecule has 0 aliphatic rings. The van der Waals surface area contributed by atoms with Crippen molar-refractivity contribution < 1.29 is 13.2 Å². The molecule has 0 N–H and O–H groups in total. The van der Waals surface area contributed by atoms with Gasteiger partial charge in [0.1, 0.15) is 5.75 Å². The Labute approximate surface area is 101 Å². The van der Waals surface area contributed by atoms with Crippen LogP contribution in [0.5, 0.6) is 5.75 Å². The van der Waals surface area contributed by atoms with Crippen molar-refractivity contribution in [2.45, 2.75) is 9.79 Å². The van der Waals surface area contributed by atoms with Gasteiger partial charge in [-0.15, -0.1) is 0 Å². The molecule has 1 radical (unpaired) electrons.